The molecule has 6 nitrogen and oxygen atoms in total. The summed E-state index contributed by atoms with van der Waals surface area (Å²) in [7, 11) is 0. The number of alkyl carbamates (subject to hydrolysis) is 1. The smallest absolute Gasteiger partial charge is 0.419 e. The maximum absolute atomic E-state index is 11.2. The van der Waals surface area contributed by atoms with Gasteiger partial charge < -0.3 is 14.2 Å². The Labute approximate surface area is 95.8 Å². The van der Waals surface area contributed by atoms with Gasteiger partial charge in [0.15, 0.2) is 17.3 Å². The molecule has 0 bridgehead atoms. The molecule has 2 heterocycles. The van der Waals surface area contributed by atoms with E-state index in [9.17, 15) is 9.59 Å². The number of cyclic esters (lactones) is 1. The van der Waals surface area contributed by atoms with E-state index in [1.807, 2.05) is 5.32 Å². The molecule has 0 unspecified atom stereocenters. The van der Waals surface area contributed by atoms with Gasteiger partial charge in [0.2, 0.25) is 6.79 Å². The third-order valence-electron chi connectivity index (χ3n) is 2.34. The first kappa shape index (κ1) is 9.71. The number of hydrogen-bond acceptors (Lipinski definition) is 5. The molecule has 0 radical (unpaired) electrons. The molecule has 0 saturated carbocycles. The predicted octanol–water partition coefficient (Wildman–Crippen LogP) is 1.02. The van der Waals surface area contributed by atoms with Crippen molar-refractivity contribution in [1.82, 2.24) is 5.32 Å². The minimum Gasteiger partial charge on any atom is -0.454 e. The zero-order valence-corrected chi connectivity index (χ0v) is 8.56. The molecule has 1 fully saturated rings. The van der Waals surface area contributed by atoms with Gasteiger partial charge in [-0.25, -0.2) is 4.79 Å². The first-order chi connectivity index (χ1) is 8.22. The van der Waals surface area contributed by atoms with Crippen molar-refractivity contribution in [1.29, 1.82) is 0 Å². The Kier molecular flexibility index (Phi) is 2.01. The van der Waals surface area contributed by atoms with Crippen LogP contribution in [0.4, 0.5) is 4.79 Å². The third kappa shape index (κ3) is 1.69. The summed E-state index contributed by atoms with van der Waals surface area (Å²) in [5.74, 6) is 0.672. The number of amides is 2. The fraction of sp³-hybridized carbons (Fsp3) is 0.0909. The van der Waals surface area contributed by atoms with Crippen LogP contribution in [0.2, 0.25) is 0 Å². The highest BCUT2D eigenvalue weighted by Crippen LogP contribution is 2.33. The van der Waals surface area contributed by atoms with Gasteiger partial charge in [0.05, 0.1) is 0 Å². The summed E-state index contributed by atoms with van der Waals surface area (Å²) in [5, 5.41) is 2.02. The summed E-state index contributed by atoms with van der Waals surface area (Å²) in [5.41, 5.74) is 0.689. The van der Waals surface area contributed by atoms with Crippen molar-refractivity contribution >= 4 is 18.1 Å². The van der Waals surface area contributed by atoms with Gasteiger partial charge in [-0.15, -0.1) is 0 Å². The SMILES string of the molecule is O=C1NC(=O)/C(=C/c2ccc3c(c2)OCO3)O1. The molecule has 86 valence electrons. The molecular weight excluding hydrogens is 226 g/mol. The van der Waals surface area contributed by atoms with Crippen LogP contribution in [-0.4, -0.2) is 18.8 Å². The summed E-state index contributed by atoms with van der Waals surface area (Å²) in [6, 6.07) is 5.16. The normalized spacial score (nSPS) is 19.4. The largest absolute Gasteiger partial charge is 0.454 e. The molecule has 17 heavy (non-hydrogen) atoms. The van der Waals surface area contributed by atoms with Crippen molar-refractivity contribution in [2.45, 2.75) is 0 Å². The fourth-order valence-electron chi connectivity index (χ4n) is 1.58. The number of imide groups is 1. The quantitative estimate of drug-likeness (QED) is 0.733. The number of benzene rings is 1. The van der Waals surface area contributed by atoms with Gasteiger partial charge in [-0.3, -0.25) is 10.1 Å². The third-order valence-corrected chi connectivity index (χ3v) is 2.34. The monoisotopic (exact) mass is 233 g/mol. The first-order valence-corrected chi connectivity index (χ1v) is 4.87. The number of carbonyl (C=O) groups is 2. The second-order valence-electron chi connectivity index (χ2n) is 3.46. The highest BCUT2D eigenvalue weighted by Gasteiger charge is 2.26. The van der Waals surface area contributed by atoms with Crippen molar-refractivity contribution in [2.75, 3.05) is 6.79 Å². The minimum absolute atomic E-state index is 0.0335. The van der Waals surface area contributed by atoms with Crippen LogP contribution in [0.25, 0.3) is 6.08 Å². The van der Waals surface area contributed by atoms with Gasteiger partial charge in [-0.05, 0) is 23.8 Å². The lowest BCUT2D eigenvalue weighted by Crippen LogP contribution is -2.18. The summed E-state index contributed by atoms with van der Waals surface area (Å²) in [6.07, 6.45) is 0.698. The Morgan fingerprint density at radius 3 is 2.76 bits per heavy atom. The molecule has 3 rings (SSSR count). The van der Waals surface area contributed by atoms with Gasteiger partial charge in [0.1, 0.15) is 0 Å². The molecule has 1 aromatic rings. The van der Waals surface area contributed by atoms with Gasteiger partial charge in [-0.1, -0.05) is 6.07 Å². The predicted molar refractivity (Wildman–Crippen MR) is 55.2 cm³/mol. The van der Waals surface area contributed by atoms with Crippen LogP contribution in [-0.2, 0) is 9.53 Å². The lowest BCUT2D eigenvalue weighted by atomic mass is 10.2. The second kappa shape index (κ2) is 3.51. The van der Waals surface area contributed by atoms with Crippen molar-refractivity contribution in [3.8, 4) is 11.5 Å². The molecule has 1 aromatic carbocycles. The first-order valence-electron chi connectivity index (χ1n) is 4.87. The minimum atomic E-state index is -0.762. The van der Waals surface area contributed by atoms with E-state index in [0.29, 0.717) is 17.1 Å². The summed E-state index contributed by atoms with van der Waals surface area (Å²) >= 11 is 0. The van der Waals surface area contributed by atoms with E-state index in [2.05, 4.69) is 4.74 Å². The zero-order valence-electron chi connectivity index (χ0n) is 8.56. The summed E-state index contributed by atoms with van der Waals surface area (Å²) in [4.78, 5) is 22.0. The number of hydrogen-bond donors (Lipinski definition) is 1. The Balaban J connectivity index is 1.93. The molecule has 2 aliphatic rings. The molecule has 6 heteroatoms. The number of fused-ring (bicyclic) bond motifs is 1. The Hall–Kier alpha value is -2.50. The van der Waals surface area contributed by atoms with Crippen LogP contribution < -0.4 is 14.8 Å². The second-order valence-corrected chi connectivity index (χ2v) is 3.46. The molecular formula is C11H7NO5. The van der Waals surface area contributed by atoms with Crippen molar-refractivity contribution < 1.29 is 23.8 Å². The van der Waals surface area contributed by atoms with Gasteiger partial charge >= 0.3 is 6.09 Å². The number of rotatable bonds is 1. The summed E-state index contributed by atoms with van der Waals surface area (Å²) in [6.45, 7) is 0.185. The molecule has 0 aromatic heterocycles. The maximum Gasteiger partial charge on any atom is 0.419 e. The molecule has 2 aliphatic heterocycles. The number of carbonyl (C=O) groups excluding carboxylic acids is 2. The highest BCUT2D eigenvalue weighted by molar-refractivity contribution is 6.09. The average molecular weight is 233 g/mol. The van der Waals surface area contributed by atoms with Crippen molar-refractivity contribution in [2.24, 2.45) is 0 Å². The van der Waals surface area contributed by atoms with Crippen molar-refractivity contribution in [3.05, 3.63) is 29.5 Å². The van der Waals surface area contributed by atoms with Crippen LogP contribution in [0.5, 0.6) is 11.5 Å². The van der Waals surface area contributed by atoms with E-state index in [0.717, 1.165) is 0 Å². The molecule has 2 amide bonds. The molecule has 1 N–H and O–H groups in total. The van der Waals surface area contributed by atoms with Crippen molar-refractivity contribution in [3.63, 3.8) is 0 Å². The molecule has 0 aliphatic carbocycles. The molecule has 1 saturated heterocycles. The Bertz CT molecular complexity index is 549. The van der Waals surface area contributed by atoms with Gasteiger partial charge in [0, 0.05) is 0 Å². The van der Waals surface area contributed by atoms with E-state index < -0.39 is 12.0 Å². The highest BCUT2D eigenvalue weighted by atomic mass is 16.7. The van der Waals surface area contributed by atoms with Crippen LogP contribution in [0, 0.1) is 0 Å². The zero-order chi connectivity index (χ0) is 11.8. The standard InChI is InChI=1S/C11H7NO5/c13-10-9(17-11(14)12-10)4-6-1-2-7-8(3-6)16-5-15-7/h1-4H,5H2,(H,12,13,14)/b9-4-. The topological polar surface area (TPSA) is 73.9 Å². The molecule has 0 atom stereocenters. The summed E-state index contributed by atoms with van der Waals surface area (Å²) < 4.78 is 15.0. The van der Waals surface area contributed by atoms with E-state index in [1.54, 1.807) is 18.2 Å². The number of ether oxygens (including phenoxy) is 3. The lowest BCUT2D eigenvalue weighted by molar-refractivity contribution is -0.116. The van der Waals surface area contributed by atoms with E-state index in [-0.39, 0.29) is 12.6 Å². The van der Waals surface area contributed by atoms with Gasteiger partial charge in [-0.2, -0.15) is 0 Å². The van der Waals surface area contributed by atoms with E-state index in [4.69, 9.17) is 9.47 Å². The molecule has 0 spiro atoms. The van der Waals surface area contributed by atoms with Crippen LogP contribution in [0.15, 0.2) is 24.0 Å². The fourth-order valence-corrected chi connectivity index (χ4v) is 1.58. The average Bonchev–Trinajstić information content (AvgIpc) is 2.85. The maximum atomic E-state index is 11.2. The van der Waals surface area contributed by atoms with Crippen LogP contribution in [0.3, 0.4) is 0 Å². The van der Waals surface area contributed by atoms with E-state index >= 15 is 0 Å². The number of nitrogens with one attached hydrogen (secondary N) is 1. The van der Waals surface area contributed by atoms with Crippen LogP contribution in [0.1, 0.15) is 5.56 Å². The lowest BCUT2D eigenvalue weighted by Gasteiger charge is -1.98. The Morgan fingerprint density at radius 1 is 1.18 bits per heavy atom. The van der Waals surface area contributed by atoms with Gasteiger partial charge in [0.25, 0.3) is 5.91 Å². The van der Waals surface area contributed by atoms with E-state index in [1.165, 1.54) is 6.08 Å². The Morgan fingerprint density at radius 2 is 2.00 bits per heavy atom. The van der Waals surface area contributed by atoms with Crippen LogP contribution >= 0.6 is 0 Å².